The van der Waals surface area contributed by atoms with Crippen molar-refractivity contribution >= 4 is 11.8 Å². The Balaban J connectivity index is 1.45. The molecule has 2 heterocycles. The highest BCUT2D eigenvalue weighted by Crippen LogP contribution is 2.29. The van der Waals surface area contributed by atoms with Gasteiger partial charge < -0.3 is 19.8 Å². The summed E-state index contributed by atoms with van der Waals surface area (Å²) in [6.45, 7) is 0.586. The Morgan fingerprint density at radius 2 is 2.11 bits per heavy atom. The molecule has 1 atom stereocenters. The largest absolute Gasteiger partial charge is 0.497 e. The number of amides is 2. The first-order valence-electron chi connectivity index (χ1n) is 9.32. The van der Waals surface area contributed by atoms with Gasteiger partial charge in [-0.1, -0.05) is 12.1 Å². The lowest BCUT2D eigenvalue weighted by molar-refractivity contribution is -0.122. The average Bonchev–Trinajstić information content (AvgIpc) is 3.31. The number of ether oxygens (including phenoxy) is 1. The van der Waals surface area contributed by atoms with Gasteiger partial charge in [-0.2, -0.15) is 0 Å². The molecule has 1 aromatic heterocycles. The van der Waals surface area contributed by atoms with Crippen LogP contribution in [0, 0.1) is 0 Å². The van der Waals surface area contributed by atoms with Gasteiger partial charge in [0.2, 0.25) is 11.8 Å². The zero-order chi connectivity index (χ0) is 19.1. The number of methoxy groups -OCH3 is 1. The Bertz CT molecular complexity index is 755. The highest BCUT2D eigenvalue weighted by Gasteiger charge is 2.38. The number of carbonyl (C=O) groups excluding carboxylic acids is 2. The zero-order valence-corrected chi connectivity index (χ0v) is 15.6. The normalized spacial score (nSPS) is 18.9. The van der Waals surface area contributed by atoms with Crippen LogP contribution in [0.25, 0.3) is 0 Å². The molecule has 6 nitrogen and oxygen atoms in total. The van der Waals surface area contributed by atoms with E-state index in [2.05, 4.69) is 10.6 Å². The van der Waals surface area contributed by atoms with Gasteiger partial charge in [0.25, 0.3) is 0 Å². The van der Waals surface area contributed by atoms with Gasteiger partial charge in [-0.3, -0.25) is 9.59 Å². The summed E-state index contributed by atoms with van der Waals surface area (Å²) in [5, 5.41) is 6.03. The van der Waals surface area contributed by atoms with Crippen LogP contribution < -0.4 is 15.4 Å². The number of hydrogen-bond donors (Lipinski definition) is 2. The monoisotopic (exact) mass is 370 g/mol. The highest BCUT2D eigenvalue weighted by molar-refractivity contribution is 5.80. The molecule has 0 spiro atoms. The second kappa shape index (κ2) is 8.75. The zero-order valence-electron chi connectivity index (χ0n) is 15.6. The highest BCUT2D eigenvalue weighted by atomic mass is 16.5. The van der Waals surface area contributed by atoms with Crippen LogP contribution in [0.2, 0.25) is 0 Å². The molecule has 2 amide bonds. The van der Waals surface area contributed by atoms with E-state index in [0.29, 0.717) is 32.2 Å². The summed E-state index contributed by atoms with van der Waals surface area (Å²) in [5.41, 5.74) is 0.760. The van der Waals surface area contributed by atoms with E-state index in [9.17, 15) is 9.59 Å². The molecule has 27 heavy (non-hydrogen) atoms. The van der Waals surface area contributed by atoms with Gasteiger partial charge in [0.1, 0.15) is 11.5 Å². The molecule has 1 aliphatic rings. The summed E-state index contributed by atoms with van der Waals surface area (Å²) in [6, 6.07) is 11.6. The summed E-state index contributed by atoms with van der Waals surface area (Å²) in [6.07, 6.45) is 5.23. The first-order valence-corrected chi connectivity index (χ1v) is 9.32. The molecule has 3 rings (SSSR count). The number of nitrogens with one attached hydrogen (secondary N) is 2. The van der Waals surface area contributed by atoms with Crippen molar-refractivity contribution in [3.63, 3.8) is 0 Å². The van der Waals surface area contributed by atoms with Gasteiger partial charge in [-0.05, 0) is 49.1 Å². The topological polar surface area (TPSA) is 80.6 Å². The number of benzene rings is 1. The Morgan fingerprint density at radius 1 is 1.30 bits per heavy atom. The van der Waals surface area contributed by atoms with Crippen molar-refractivity contribution in [2.45, 2.75) is 44.1 Å². The maximum Gasteiger partial charge on any atom is 0.220 e. The quantitative estimate of drug-likeness (QED) is 0.711. The average molecular weight is 370 g/mol. The fraction of sp³-hybridized carbons (Fsp3) is 0.429. The van der Waals surface area contributed by atoms with Gasteiger partial charge in [0.05, 0.1) is 13.4 Å². The Hall–Kier alpha value is -2.76. The van der Waals surface area contributed by atoms with E-state index in [1.54, 1.807) is 13.4 Å². The molecule has 0 radical (unpaired) electrons. The minimum absolute atomic E-state index is 0.00322. The summed E-state index contributed by atoms with van der Waals surface area (Å²) in [5.74, 6) is 1.70. The van der Waals surface area contributed by atoms with Crippen LogP contribution in [-0.4, -0.2) is 31.0 Å². The molecule has 2 aromatic rings. The second-order valence-corrected chi connectivity index (χ2v) is 7.03. The van der Waals surface area contributed by atoms with Gasteiger partial charge in [0.15, 0.2) is 0 Å². The molecule has 1 aliphatic heterocycles. The molecule has 0 saturated carbocycles. The second-order valence-electron chi connectivity index (χ2n) is 7.03. The minimum Gasteiger partial charge on any atom is -0.497 e. The van der Waals surface area contributed by atoms with Crippen LogP contribution in [0.5, 0.6) is 5.75 Å². The molecule has 0 aliphatic carbocycles. The number of carbonyl (C=O) groups is 2. The van der Waals surface area contributed by atoms with E-state index >= 15 is 0 Å². The first-order chi connectivity index (χ1) is 13.1. The predicted molar refractivity (Wildman–Crippen MR) is 101 cm³/mol. The number of rotatable bonds is 9. The van der Waals surface area contributed by atoms with Crippen molar-refractivity contribution < 1.29 is 18.7 Å². The van der Waals surface area contributed by atoms with Crippen LogP contribution >= 0.6 is 0 Å². The van der Waals surface area contributed by atoms with Gasteiger partial charge in [-0.25, -0.2) is 0 Å². The molecular formula is C21H26N2O4. The van der Waals surface area contributed by atoms with Crippen molar-refractivity contribution in [2.75, 3.05) is 13.7 Å². The van der Waals surface area contributed by atoms with Gasteiger partial charge in [-0.15, -0.1) is 0 Å². The van der Waals surface area contributed by atoms with Gasteiger partial charge in [0, 0.05) is 31.3 Å². The van der Waals surface area contributed by atoms with E-state index in [1.165, 1.54) is 0 Å². The van der Waals surface area contributed by atoms with Crippen molar-refractivity contribution in [3.8, 4) is 5.75 Å². The van der Waals surface area contributed by atoms with E-state index < -0.39 is 0 Å². The molecular weight excluding hydrogens is 344 g/mol. The third-order valence-electron chi connectivity index (χ3n) is 5.05. The predicted octanol–water partition coefficient (Wildman–Crippen LogP) is 2.62. The van der Waals surface area contributed by atoms with Crippen LogP contribution in [0.3, 0.4) is 0 Å². The first kappa shape index (κ1) is 19.0. The van der Waals surface area contributed by atoms with Gasteiger partial charge >= 0.3 is 0 Å². The van der Waals surface area contributed by atoms with Crippen molar-refractivity contribution in [2.24, 2.45) is 0 Å². The molecule has 1 fully saturated rings. The molecule has 0 unspecified atom stereocenters. The minimum atomic E-state index is -0.387. The summed E-state index contributed by atoms with van der Waals surface area (Å²) in [4.78, 5) is 24.0. The maximum absolute atomic E-state index is 12.2. The van der Waals surface area contributed by atoms with Crippen molar-refractivity contribution in [1.82, 2.24) is 10.6 Å². The molecule has 6 heteroatoms. The molecule has 144 valence electrons. The third kappa shape index (κ3) is 5.36. The van der Waals surface area contributed by atoms with Crippen LogP contribution in [-0.2, 0) is 22.4 Å². The van der Waals surface area contributed by atoms with Crippen LogP contribution in [0.1, 0.15) is 37.0 Å². The number of furan rings is 1. The Kier molecular flexibility index (Phi) is 6.16. The summed E-state index contributed by atoms with van der Waals surface area (Å²) < 4.78 is 10.6. The Labute approximate surface area is 159 Å². The lowest BCUT2D eigenvalue weighted by atomic mass is 9.87. The van der Waals surface area contributed by atoms with E-state index in [4.69, 9.17) is 9.15 Å². The lowest BCUT2D eigenvalue weighted by Gasteiger charge is -2.28. The fourth-order valence-electron chi connectivity index (χ4n) is 3.51. The molecule has 1 saturated heterocycles. The van der Waals surface area contributed by atoms with Crippen LogP contribution in [0.4, 0.5) is 0 Å². The van der Waals surface area contributed by atoms with E-state index in [1.807, 2.05) is 36.4 Å². The molecule has 0 bridgehead atoms. The van der Waals surface area contributed by atoms with Crippen LogP contribution in [0.15, 0.2) is 47.1 Å². The summed E-state index contributed by atoms with van der Waals surface area (Å²) >= 11 is 0. The maximum atomic E-state index is 12.2. The SMILES string of the molecule is COc1ccc(CCNC(=O)CC[C@@]2(Cc3ccco3)CCC(=O)N2)cc1. The van der Waals surface area contributed by atoms with E-state index in [-0.39, 0.29) is 17.4 Å². The molecule has 2 N–H and O–H groups in total. The number of hydrogen-bond acceptors (Lipinski definition) is 4. The fourth-order valence-corrected chi connectivity index (χ4v) is 3.51. The third-order valence-corrected chi connectivity index (χ3v) is 5.05. The standard InChI is InChI=1S/C21H26N2O4/c1-26-17-6-4-16(5-7-17)10-13-22-19(24)8-11-21(12-9-20(25)23-21)15-18-3-2-14-27-18/h2-7,14H,8-13,15H2,1H3,(H,22,24)(H,23,25)/t21-/m0/s1. The van der Waals surface area contributed by atoms with Crippen molar-refractivity contribution in [3.05, 3.63) is 54.0 Å². The molecule has 1 aromatic carbocycles. The van der Waals surface area contributed by atoms with E-state index in [0.717, 1.165) is 29.9 Å². The Morgan fingerprint density at radius 3 is 2.74 bits per heavy atom. The summed E-state index contributed by atoms with van der Waals surface area (Å²) in [7, 11) is 1.64. The smallest absolute Gasteiger partial charge is 0.220 e. The van der Waals surface area contributed by atoms with Crippen molar-refractivity contribution in [1.29, 1.82) is 0 Å². The lowest BCUT2D eigenvalue weighted by Crippen LogP contribution is -2.44.